The lowest BCUT2D eigenvalue weighted by Gasteiger charge is -2.05. The van der Waals surface area contributed by atoms with Crippen LogP contribution in [0.2, 0.25) is 5.02 Å². The minimum Gasteiger partial charge on any atom is -0.477 e. The summed E-state index contributed by atoms with van der Waals surface area (Å²) in [5.74, 6) is -1.18. The molecule has 1 aromatic carbocycles. The molecular weight excluding hydrogens is 346 g/mol. The van der Waals surface area contributed by atoms with E-state index in [2.05, 4.69) is 15.5 Å². The number of anilines is 1. The van der Waals surface area contributed by atoms with Crippen molar-refractivity contribution in [1.29, 1.82) is 0 Å². The molecule has 0 saturated carbocycles. The lowest BCUT2D eigenvalue weighted by atomic mass is 10.2. The number of carboxylic acids is 1. The molecule has 2 aromatic heterocycles. The molecule has 2 N–H and O–H groups in total. The van der Waals surface area contributed by atoms with Gasteiger partial charge in [0.05, 0.1) is 6.54 Å². The average molecular weight is 360 g/mol. The standard InChI is InChI=1S/C16H14ClN5O3/c17-12-3-1-11(2-4-12)9-21-8-6-14(20-21)19-15(23)10-22-13(16(24)25)5-7-18-22/h1-8H,9-10H2,(H,24,25)(H,19,20,23). The van der Waals surface area contributed by atoms with Crippen molar-refractivity contribution < 1.29 is 14.7 Å². The second-order valence-corrected chi connectivity index (χ2v) is 5.69. The van der Waals surface area contributed by atoms with Crippen LogP contribution in [0.15, 0.2) is 48.8 Å². The Labute approximate surface area is 147 Å². The molecule has 0 fully saturated rings. The number of hydrogen-bond acceptors (Lipinski definition) is 4. The molecule has 2 heterocycles. The number of aromatic carboxylic acids is 1. The number of aromatic nitrogens is 4. The highest BCUT2D eigenvalue weighted by molar-refractivity contribution is 6.30. The highest BCUT2D eigenvalue weighted by Crippen LogP contribution is 2.11. The van der Waals surface area contributed by atoms with Crippen molar-refractivity contribution in [3.63, 3.8) is 0 Å². The van der Waals surface area contributed by atoms with Crippen LogP contribution in [-0.4, -0.2) is 36.5 Å². The Hall–Kier alpha value is -3.13. The molecule has 3 aromatic rings. The summed E-state index contributed by atoms with van der Waals surface area (Å²) < 4.78 is 2.79. The molecule has 0 aliphatic heterocycles. The first-order chi connectivity index (χ1) is 12.0. The molecule has 0 radical (unpaired) electrons. The van der Waals surface area contributed by atoms with E-state index in [9.17, 15) is 9.59 Å². The van der Waals surface area contributed by atoms with Crippen LogP contribution in [0, 0.1) is 0 Å². The van der Waals surface area contributed by atoms with Crippen LogP contribution in [0.4, 0.5) is 5.82 Å². The third-order valence-corrected chi connectivity index (χ3v) is 3.65. The number of nitrogens with one attached hydrogen (secondary N) is 1. The fraction of sp³-hybridized carbons (Fsp3) is 0.125. The van der Waals surface area contributed by atoms with Gasteiger partial charge in [0.15, 0.2) is 5.82 Å². The normalized spacial score (nSPS) is 10.6. The highest BCUT2D eigenvalue weighted by Gasteiger charge is 2.13. The molecule has 3 rings (SSSR count). The molecule has 1 amide bonds. The lowest BCUT2D eigenvalue weighted by molar-refractivity contribution is -0.116. The van der Waals surface area contributed by atoms with E-state index in [1.165, 1.54) is 12.3 Å². The molecule has 25 heavy (non-hydrogen) atoms. The Morgan fingerprint density at radius 1 is 1.16 bits per heavy atom. The van der Waals surface area contributed by atoms with Crippen LogP contribution in [0.1, 0.15) is 16.1 Å². The minimum atomic E-state index is -1.14. The average Bonchev–Trinajstić information content (AvgIpc) is 3.19. The summed E-state index contributed by atoms with van der Waals surface area (Å²) in [6.07, 6.45) is 3.07. The van der Waals surface area contributed by atoms with Crippen molar-refractivity contribution in [2.75, 3.05) is 5.32 Å². The quantitative estimate of drug-likeness (QED) is 0.701. The van der Waals surface area contributed by atoms with Crippen LogP contribution in [0.3, 0.4) is 0 Å². The molecule has 0 spiro atoms. The van der Waals surface area contributed by atoms with Crippen LogP contribution in [0.5, 0.6) is 0 Å². The van der Waals surface area contributed by atoms with E-state index in [4.69, 9.17) is 16.7 Å². The Kier molecular flexibility index (Phi) is 4.80. The van der Waals surface area contributed by atoms with Crippen molar-refractivity contribution in [3.8, 4) is 0 Å². The number of benzene rings is 1. The van der Waals surface area contributed by atoms with Crippen molar-refractivity contribution in [2.45, 2.75) is 13.1 Å². The largest absolute Gasteiger partial charge is 0.477 e. The number of rotatable bonds is 6. The fourth-order valence-electron chi connectivity index (χ4n) is 2.25. The van der Waals surface area contributed by atoms with Crippen LogP contribution < -0.4 is 5.32 Å². The van der Waals surface area contributed by atoms with Gasteiger partial charge >= 0.3 is 5.97 Å². The lowest BCUT2D eigenvalue weighted by Crippen LogP contribution is -2.22. The number of carbonyl (C=O) groups excluding carboxylic acids is 1. The van der Waals surface area contributed by atoms with Gasteiger partial charge < -0.3 is 10.4 Å². The minimum absolute atomic E-state index is 0.0524. The molecule has 9 heteroatoms. The maximum absolute atomic E-state index is 12.0. The fourth-order valence-corrected chi connectivity index (χ4v) is 2.38. The van der Waals surface area contributed by atoms with Crippen molar-refractivity contribution in [2.24, 2.45) is 0 Å². The van der Waals surface area contributed by atoms with E-state index in [1.54, 1.807) is 29.1 Å². The van der Waals surface area contributed by atoms with Crippen LogP contribution in [-0.2, 0) is 17.9 Å². The maximum Gasteiger partial charge on any atom is 0.354 e. The predicted octanol–water partition coefficient (Wildman–Crippen LogP) is 2.12. The van der Waals surface area contributed by atoms with Crippen LogP contribution >= 0.6 is 11.6 Å². The number of nitrogens with zero attached hydrogens (tertiary/aromatic N) is 4. The van der Waals surface area contributed by atoms with Gasteiger partial charge in [0.2, 0.25) is 5.91 Å². The maximum atomic E-state index is 12.0. The molecule has 0 bridgehead atoms. The molecule has 128 valence electrons. The van der Waals surface area contributed by atoms with Gasteiger partial charge in [0, 0.05) is 23.5 Å². The summed E-state index contributed by atoms with van der Waals surface area (Å²) in [5, 5.41) is 20.4. The van der Waals surface area contributed by atoms with Gasteiger partial charge in [-0.25, -0.2) is 9.48 Å². The molecule has 0 unspecified atom stereocenters. The van der Waals surface area contributed by atoms with Crippen molar-refractivity contribution in [1.82, 2.24) is 19.6 Å². The number of amides is 1. The monoisotopic (exact) mass is 359 g/mol. The molecule has 0 atom stereocenters. The zero-order valence-electron chi connectivity index (χ0n) is 13.0. The zero-order valence-corrected chi connectivity index (χ0v) is 13.7. The van der Waals surface area contributed by atoms with Gasteiger partial charge in [-0.3, -0.25) is 9.48 Å². The van der Waals surface area contributed by atoms with Gasteiger partial charge in [-0.15, -0.1) is 0 Å². The summed E-state index contributed by atoms with van der Waals surface area (Å²) in [5.41, 5.74) is 0.969. The molecule has 0 aliphatic rings. The molecular formula is C16H14ClN5O3. The van der Waals surface area contributed by atoms with Gasteiger partial charge in [0.1, 0.15) is 12.2 Å². The predicted molar refractivity (Wildman–Crippen MR) is 90.6 cm³/mol. The second kappa shape index (κ2) is 7.18. The first-order valence-corrected chi connectivity index (χ1v) is 7.72. The molecule has 0 saturated heterocycles. The Balaban J connectivity index is 1.61. The summed E-state index contributed by atoms with van der Waals surface area (Å²) in [6.45, 7) is 0.327. The number of halogens is 1. The van der Waals surface area contributed by atoms with Gasteiger partial charge in [-0.05, 0) is 23.8 Å². The first kappa shape index (κ1) is 16.7. The second-order valence-electron chi connectivity index (χ2n) is 5.25. The van der Waals surface area contributed by atoms with E-state index in [0.717, 1.165) is 10.2 Å². The van der Waals surface area contributed by atoms with Crippen molar-refractivity contribution in [3.05, 3.63) is 65.1 Å². The Morgan fingerprint density at radius 2 is 1.92 bits per heavy atom. The summed E-state index contributed by atoms with van der Waals surface area (Å²) >= 11 is 5.85. The third-order valence-electron chi connectivity index (χ3n) is 3.40. The smallest absolute Gasteiger partial charge is 0.354 e. The number of hydrogen-bond donors (Lipinski definition) is 2. The first-order valence-electron chi connectivity index (χ1n) is 7.34. The van der Waals surface area contributed by atoms with E-state index in [0.29, 0.717) is 17.4 Å². The van der Waals surface area contributed by atoms with E-state index in [-0.39, 0.29) is 12.2 Å². The zero-order chi connectivity index (χ0) is 17.8. The topological polar surface area (TPSA) is 102 Å². The van der Waals surface area contributed by atoms with E-state index >= 15 is 0 Å². The number of carboxylic acid groups (broad SMARTS) is 1. The summed E-state index contributed by atoms with van der Waals surface area (Å²) in [6, 6.07) is 10.4. The summed E-state index contributed by atoms with van der Waals surface area (Å²) in [4.78, 5) is 23.0. The Bertz CT molecular complexity index is 901. The van der Waals surface area contributed by atoms with Gasteiger partial charge in [-0.2, -0.15) is 10.2 Å². The molecule has 0 aliphatic carbocycles. The SMILES string of the molecule is O=C(Cn1nccc1C(=O)O)Nc1ccn(Cc2ccc(Cl)cc2)n1. The molecule has 8 nitrogen and oxygen atoms in total. The van der Waals surface area contributed by atoms with E-state index < -0.39 is 11.9 Å². The van der Waals surface area contributed by atoms with Gasteiger partial charge in [-0.1, -0.05) is 23.7 Å². The van der Waals surface area contributed by atoms with Gasteiger partial charge in [0.25, 0.3) is 0 Å². The van der Waals surface area contributed by atoms with Crippen molar-refractivity contribution >= 4 is 29.3 Å². The number of carbonyl (C=O) groups is 2. The third kappa shape index (κ3) is 4.24. The Morgan fingerprint density at radius 3 is 2.64 bits per heavy atom. The highest BCUT2D eigenvalue weighted by atomic mass is 35.5. The van der Waals surface area contributed by atoms with E-state index in [1.807, 2.05) is 12.1 Å². The summed E-state index contributed by atoms with van der Waals surface area (Å²) in [7, 11) is 0. The van der Waals surface area contributed by atoms with Crippen LogP contribution in [0.25, 0.3) is 0 Å².